The van der Waals surface area contributed by atoms with E-state index in [0.29, 0.717) is 11.6 Å². The van der Waals surface area contributed by atoms with Gasteiger partial charge in [-0.25, -0.2) is 4.98 Å². The van der Waals surface area contributed by atoms with E-state index in [9.17, 15) is 14.7 Å². The molecule has 0 saturated carbocycles. The Balaban J connectivity index is 1.96. The largest absolute Gasteiger partial charge is 0.481 e. The number of carboxylic acid groups (broad SMARTS) is 1. The Kier molecular flexibility index (Phi) is 6.70. The molecule has 0 saturated heterocycles. The van der Waals surface area contributed by atoms with E-state index in [-0.39, 0.29) is 24.2 Å². The van der Waals surface area contributed by atoms with Crippen LogP contribution >= 0.6 is 11.3 Å². The van der Waals surface area contributed by atoms with Crippen LogP contribution in [0.1, 0.15) is 33.6 Å². The van der Waals surface area contributed by atoms with Crippen LogP contribution in [0.3, 0.4) is 0 Å². The fourth-order valence-electron chi connectivity index (χ4n) is 2.76. The van der Waals surface area contributed by atoms with Crippen LogP contribution in [0.4, 0.5) is 5.13 Å². The molecule has 134 valence electrons. The van der Waals surface area contributed by atoms with E-state index < -0.39 is 11.9 Å². The van der Waals surface area contributed by atoms with E-state index in [2.05, 4.69) is 10.3 Å². The van der Waals surface area contributed by atoms with Gasteiger partial charge in [-0.1, -0.05) is 51.1 Å². The van der Waals surface area contributed by atoms with E-state index in [1.807, 2.05) is 56.5 Å². The van der Waals surface area contributed by atoms with Gasteiger partial charge in [-0.3, -0.25) is 9.59 Å². The maximum Gasteiger partial charge on any atom is 0.306 e. The lowest BCUT2D eigenvalue weighted by atomic mass is 9.84. The standard InChI is InChI=1S/C19H24N2O3S/c1-12(2)9-15(18(23)24)13(3)10-17(22)21-19-20-16(11-25-19)14-7-5-4-6-8-14/h4-8,11-13,15H,9-10H2,1-3H3,(H,23,24)(H,20,21,22). The van der Waals surface area contributed by atoms with Gasteiger partial charge >= 0.3 is 5.97 Å². The molecule has 0 fully saturated rings. The summed E-state index contributed by atoms with van der Waals surface area (Å²) in [6.45, 7) is 5.80. The van der Waals surface area contributed by atoms with Crippen molar-refractivity contribution < 1.29 is 14.7 Å². The molecule has 6 heteroatoms. The average Bonchev–Trinajstić information content (AvgIpc) is 3.01. The number of rotatable bonds is 8. The van der Waals surface area contributed by atoms with E-state index in [1.165, 1.54) is 11.3 Å². The molecular weight excluding hydrogens is 336 g/mol. The Morgan fingerprint density at radius 2 is 1.88 bits per heavy atom. The first-order chi connectivity index (χ1) is 11.9. The highest BCUT2D eigenvalue weighted by Gasteiger charge is 2.27. The van der Waals surface area contributed by atoms with Crippen molar-refractivity contribution in [2.24, 2.45) is 17.8 Å². The van der Waals surface area contributed by atoms with E-state index in [1.54, 1.807) is 0 Å². The minimum atomic E-state index is -0.838. The minimum absolute atomic E-state index is 0.171. The minimum Gasteiger partial charge on any atom is -0.481 e. The summed E-state index contributed by atoms with van der Waals surface area (Å²) in [5, 5.41) is 14.6. The Hall–Kier alpha value is -2.21. The average molecular weight is 360 g/mol. The molecule has 5 nitrogen and oxygen atoms in total. The molecule has 1 amide bonds. The second-order valence-electron chi connectivity index (χ2n) is 6.71. The van der Waals surface area contributed by atoms with Crippen molar-refractivity contribution in [1.82, 2.24) is 4.98 Å². The number of anilines is 1. The molecule has 25 heavy (non-hydrogen) atoms. The molecule has 0 radical (unpaired) electrons. The number of nitrogens with zero attached hydrogens (tertiary/aromatic N) is 1. The molecule has 2 aromatic rings. The molecule has 2 N–H and O–H groups in total. The van der Waals surface area contributed by atoms with Gasteiger partial charge < -0.3 is 10.4 Å². The lowest BCUT2D eigenvalue weighted by Crippen LogP contribution is -2.27. The number of hydrogen-bond donors (Lipinski definition) is 2. The summed E-state index contributed by atoms with van der Waals surface area (Å²) < 4.78 is 0. The fraction of sp³-hybridized carbons (Fsp3) is 0.421. The molecule has 2 atom stereocenters. The number of thiazole rings is 1. The van der Waals surface area contributed by atoms with Crippen LogP contribution in [0.15, 0.2) is 35.7 Å². The van der Waals surface area contributed by atoms with Gasteiger partial charge in [0.05, 0.1) is 11.6 Å². The van der Waals surface area contributed by atoms with Crippen LogP contribution in [0.2, 0.25) is 0 Å². The van der Waals surface area contributed by atoms with Crippen LogP contribution in [0, 0.1) is 17.8 Å². The van der Waals surface area contributed by atoms with Crippen LogP contribution in [-0.2, 0) is 9.59 Å². The van der Waals surface area contributed by atoms with E-state index >= 15 is 0 Å². The first-order valence-electron chi connectivity index (χ1n) is 8.40. The number of aliphatic carboxylic acids is 1. The molecule has 1 heterocycles. The Morgan fingerprint density at radius 3 is 2.48 bits per heavy atom. The summed E-state index contributed by atoms with van der Waals surface area (Å²) in [6.07, 6.45) is 0.739. The van der Waals surface area contributed by atoms with Crippen LogP contribution in [0.5, 0.6) is 0 Å². The predicted octanol–water partition coefficient (Wildman–Crippen LogP) is 4.52. The van der Waals surface area contributed by atoms with Crippen molar-refractivity contribution in [2.75, 3.05) is 5.32 Å². The van der Waals surface area contributed by atoms with Gasteiger partial charge in [-0.05, 0) is 18.3 Å². The first-order valence-corrected chi connectivity index (χ1v) is 9.28. The van der Waals surface area contributed by atoms with E-state index in [4.69, 9.17) is 0 Å². The number of hydrogen-bond acceptors (Lipinski definition) is 4. The summed E-state index contributed by atoms with van der Waals surface area (Å²) in [7, 11) is 0. The highest BCUT2D eigenvalue weighted by Crippen LogP contribution is 2.26. The number of carbonyl (C=O) groups excluding carboxylic acids is 1. The number of aromatic nitrogens is 1. The number of carboxylic acids is 1. The first kappa shape index (κ1) is 19.1. The summed E-state index contributed by atoms with van der Waals surface area (Å²) >= 11 is 1.37. The third kappa shape index (κ3) is 5.67. The monoisotopic (exact) mass is 360 g/mol. The topological polar surface area (TPSA) is 79.3 Å². The molecule has 0 aliphatic carbocycles. The quantitative estimate of drug-likeness (QED) is 0.725. The third-order valence-electron chi connectivity index (χ3n) is 4.06. The second-order valence-corrected chi connectivity index (χ2v) is 7.57. The predicted molar refractivity (Wildman–Crippen MR) is 101 cm³/mol. The molecule has 0 aliphatic heterocycles. The molecule has 0 aliphatic rings. The third-order valence-corrected chi connectivity index (χ3v) is 4.81. The molecule has 2 rings (SSSR count). The van der Waals surface area contributed by atoms with Gasteiger partial charge in [0.1, 0.15) is 0 Å². The van der Waals surface area contributed by atoms with Crippen LogP contribution < -0.4 is 5.32 Å². The molecular formula is C19H24N2O3S. The Bertz CT molecular complexity index is 712. The van der Waals surface area contributed by atoms with Gasteiger partial charge in [-0.2, -0.15) is 0 Å². The van der Waals surface area contributed by atoms with E-state index in [0.717, 1.165) is 11.3 Å². The number of amides is 1. The smallest absolute Gasteiger partial charge is 0.306 e. The lowest BCUT2D eigenvalue weighted by Gasteiger charge is -2.21. The van der Waals surface area contributed by atoms with Crippen LogP contribution in [0.25, 0.3) is 11.3 Å². The summed E-state index contributed by atoms with van der Waals surface area (Å²) in [6, 6.07) is 9.75. The van der Waals surface area contributed by atoms with Gasteiger partial charge in [0.25, 0.3) is 0 Å². The maximum absolute atomic E-state index is 12.2. The summed E-state index contributed by atoms with van der Waals surface area (Å²) in [5.41, 5.74) is 1.81. The number of carbonyl (C=O) groups is 2. The molecule has 0 bridgehead atoms. The van der Waals surface area contributed by atoms with Gasteiger partial charge in [0, 0.05) is 17.4 Å². The van der Waals surface area contributed by atoms with Crippen molar-refractivity contribution in [2.45, 2.75) is 33.6 Å². The number of nitrogens with one attached hydrogen (secondary N) is 1. The molecule has 0 spiro atoms. The fourth-order valence-corrected chi connectivity index (χ4v) is 3.50. The maximum atomic E-state index is 12.2. The zero-order valence-electron chi connectivity index (χ0n) is 14.7. The zero-order chi connectivity index (χ0) is 18.4. The molecule has 1 aromatic heterocycles. The Labute approximate surface area is 152 Å². The van der Waals surface area contributed by atoms with Crippen molar-refractivity contribution >= 4 is 28.3 Å². The number of benzene rings is 1. The van der Waals surface area contributed by atoms with Gasteiger partial charge in [0.15, 0.2) is 5.13 Å². The second kappa shape index (κ2) is 8.76. The zero-order valence-corrected chi connectivity index (χ0v) is 15.5. The van der Waals surface area contributed by atoms with Crippen molar-refractivity contribution in [1.29, 1.82) is 0 Å². The SMILES string of the molecule is CC(C)CC(C(=O)O)C(C)CC(=O)Nc1nc(-c2ccccc2)cs1. The summed E-state index contributed by atoms with van der Waals surface area (Å²) in [4.78, 5) is 28.1. The van der Waals surface area contributed by atoms with Crippen molar-refractivity contribution in [3.8, 4) is 11.3 Å². The van der Waals surface area contributed by atoms with Crippen LogP contribution in [-0.4, -0.2) is 22.0 Å². The normalized spacial score (nSPS) is 13.4. The Morgan fingerprint density at radius 1 is 1.20 bits per heavy atom. The van der Waals surface area contributed by atoms with Crippen molar-refractivity contribution in [3.63, 3.8) is 0 Å². The molecule has 1 aromatic carbocycles. The highest BCUT2D eigenvalue weighted by molar-refractivity contribution is 7.14. The molecule has 2 unspecified atom stereocenters. The van der Waals surface area contributed by atoms with Gasteiger partial charge in [0.2, 0.25) is 5.91 Å². The summed E-state index contributed by atoms with van der Waals surface area (Å²) in [5.74, 6) is -1.50. The van der Waals surface area contributed by atoms with Gasteiger partial charge in [-0.15, -0.1) is 11.3 Å². The van der Waals surface area contributed by atoms with Crippen molar-refractivity contribution in [3.05, 3.63) is 35.7 Å². The highest BCUT2D eigenvalue weighted by atomic mass is 32.1. The lowest BCUT2D eigenvalue weighted by molar-refractivity contribution is -0.144.